The number of benzene rings is 4. The maximum atomic E-state index is 12.9. The Balaban J connectivity index is 1.10. The Bertz CT molecular complexity index is 1250. The minimum Gasteiger partial charge on any atom is -0.355 e. The second-order valence-corrected chi connectivity index (χ2v) is 9.32. The Kier molecular flexibility index (Phi) is 7.05. The van der Waals surface area contributed by atoms with Crippen LogP contribution in [0.25, 0.3) is 21.5 Å². The summed E-state index contributed by atoms with van der Waals surface area (Å²) in [7, 11) is 0. The van der Waals surface area contributed by atoms with Crippen molar-refractivity contribution in [1.29, 1.82) is 0 Å². The average molecular weight is 466 g/mol. The van der Waals surface area contributed by atoms with Crippen molar-refractivity contribution in [2.45, 2.75) is 12.8 Å². The average Bonchev–Trinajstić information content (AvgIpc) is 3.39. The zero-order valence-electron chi connectivity index (χ0n) is 19.8. The molecular formula is C30H31N3O2. The van der Waals surface area contributed by atoms with Crippen LogP contribution in [0.4, 0.5) is 0 Å². The quantitative estimate of drug-likeness (QED) is 0.370. The van der Waals surface area contributed by atoms with Crippen molar-refractivity contribution >= 4 is 33.4 Å². The highest BCUT2D eigenvalue weighted by Crippen LogP contribution is 2.19. The molecule has 0 aromatic heterocycles. The van der Waals surface area contributed by atoms with E-state index >= 15 is 0 Å². The highest BCUT2D eigenvalue weighted by molar-refractivity contribution is 5.89. The first-order valence-corrected chi connectivity index (χ1v) is 12.4. The van der Waals surface area contributed by atoms with Crippen molar-refractivity contribution in [3.8, 4) is 0 Å². The van der Waals surface area contributed by atoms with Crippen LogP contribution in [0.1, 0.15) is 11.1 Å². The summed E-state index contributed by atoms with van der Waals surface area (Å²) in [5, 5.41) is 14.2. The molecule has 5 rings (SSSR count). The highest BCUT2D eigenvalue weighted by Gasteiger charge is 2.37. The van der Waals surface area contributed by atoms with Crippen LogP contribution in [-0.2, 0) is 22.4 Å². The summed E-state index contributed by atoms with van der Waals surface area (Å²) in [5.74, 6) is -0.782. The highest BCUT2D eigenvalue weighted by atomic mass is 16.2. The van der Waals surface area contributed by atoms with Crippen LogP contribution < -0.4 is 16.0 Å². The Morgan fingerprint density at radius 2 is 1.06 bits per heavy atom. The van der Waals surface area contributed by atoms with E-state index in [0.29, 0.717) is 26.2 Å². The predicted octanol–water partition coefficient (Wildman–Crippen LogP) is 3.85. The number of carbonyl (C=O) groups is 2. The third-order valence-corrected chi connectivity index (χ3v) is 6.94. The summed E-state index contributed by atoms with van der Waals surface area (Å²) in [6, 6.07) is 29.3. The number of hydrogen-bond acceptors (Lipinski definition) is 3. The van der Waals surface area contributed by atoms with E-state index in [0.717, 1.165) is 12.8 Å². The molecule has 3 N–H and O–H groups in total. The van der Waals surface area contributed by atoms with E-state index in [1.54, 1.807) is 0 Å². The van der Waals surface area contributed by atoms with Crippen LogP contribution in [0.3, 0.4) is 0 Å². The Labute approximate surface area is 205 Å². The second-order valence-electron chi connectivity index (χ2n) is 9.32. The van der Waals surface area contributed by atoms with Crippen molar-refractivity contribution in [2.24, 2.45) is 11.8 Å². The van der Waals surface area contributed by atoms with E-state index in [-0.39, 0.29) is 23.7 Å². The summed E-state index contributed by atoms with van der Waals surface area (Å²) >= 11 is 0. The molecule has 4 aromatic rings. The number of rotatable bonds is 8. The van der Waals surface area contributed by atoms with Crippen molar-refractivity contribution in [2.75, 3.05) is 26.2 Å². The zero-order chi connectivity index (χ0) is 24.0. The minimum absolute atomic E-state index is 0.0505. The van der Waals surface area contributed by atoms with E-state index < -0.39 is 0 Å². The van der Waals surface area contributed by atoms with Crippen LogP contribution in [-0.4, -0.2) is 38.0 Å². The van der Waals surface area contributed by atoms with Crippen molar-refractivity contribution < 1.29 is 9.59 Å². The van der Waals surface area contributed by atoms with Gasteiger partial charge >= 0.3 is 0 Å². The zero-order valence-corrected chi connectivity index (χ0v) is 19.8. The van der Waals surface area contributed by atoms with Gasteiger partial charge in [-0.15, -0.1) is 0 Å². The maximum Gasteiger partial charge on any atom is 0.225 e. The number of hydrogen-bond donors (Lipinski definition) is 3. The lowest BCUT2D eigenvalue weighted by molar-refractivity contribution is -0.132. The van der Waals surface area contributed by atoms with Gasteiger partial charge in [0.15, 0.2) is 0 Å². The van der Waals surface area contributed by atoms with Gasteiger partial charge in [0.25, 0.3) is 0 Å². The SMILES string of the molecule is O=C(NCCc1ccc2ccccc2c1)[C@H]1CNC[C@@H]1C(=O)NCCc1ccc2ccccc2c1. The molecule has 178 valence electrons. The Hall–Kier alpha value is -3.70. The fourth-order valence-electron chi connectivity index (χ4n) is 4.94. The van der Waals surface area contributed by atoms with Gasteiger partial charge in [-0.25, -0.2) is 0 Å². The van der Waals surface area contributed by atoms with Crippen molar-refractivity contribution in [3.05, 3.63) is 96.1 Å². The largest absolute Gasteiger partial charge is 0.355 e. The molecule has 2 amide bonds. The third kappa shape index (κ3) is 5.52. The predicted molar refractivity (Wildman–Crippen MR) is 141 cm³/mol. The second kappa shape index (κ2) is 10.7. The van der Waals surface area contributed by atoms with E-state index in [1.807, 2.05) is 24.3 Å². The van der Waals surface area contributed by atoms with Gasteiger partial charge in [0.05, 0.1) is 11.8 Å². The molecule has 1 heterocycles. The molecule has 0 saturated carbocycles. The summed E-state index contributed by atoms with van der Waals surface area (Å²) in [4.78, 5) is 25.7. The van der Waals surface area contributed by atoms with Gasteiger partial charge in [0.1, 0.15) is 0 Å². The van der Waals surface area contributed by atoms with E-state index in [4.69, 9.17) is 0 Å². The van der Waals surface area contributed by atoms with Crippen molar-refractivity contribution in [3.63, 3.8) is 0 Å². The summed E-state index contributed by atoms with van der Waals surface area (Å²) in [6.45, 7) is 2.18. The van der Waals surface area contributed by atoms with Gasteiger partial charge in [0.2, 0.25) is 11.8 Å². The van der Waals surface area contributed by atoms with Gasteiger partial charge < -0.3 is 16.0 Å². The van der Waals surface area contributed by atoms with Gasteiger partial charge in [-0.3, -0.25) is 9.59 Å². The van der Waals surface area contributed by atoms with E-state index in [2.05, 4.69) is 76.6 Å². The lowest BCUT2D eigenvalue weighted by Gasteiger charge is -2.18. The molecule has 35 heavy (non-hydrogen) atoms. The van der Waals surface area contributed by atoms with Crippen LogP contribution in [0.15, 0.2) is 84.9 Å². The third-order valence-electron chi connectivity index (χ3n) is 6.94. The number of carbonyl (C=O) groups excluding carboxylic acids is 2. The molecule has 2 atom stereocenters. The fraction of sp³-hybridized carbons (Fsp3) is 0.267. The topological polar surface area (TPSA) is 70.2 Å². The Morgan fingerprint density at radius 1 is 0.629 bits per heavy atom. The molecule has 5 nitrogen and oxygen atoms in total. The minimum atomic E-state index is -0.340. The normalized spacial score (nSPS) is 17.5. The lowest BCUT2D eigenvalue weighted by Crippen LogP contribution is -2.42. The fourth-order valence-corrected chi connectivity index (χ4v) is 4.94. The molecule has 0 unspecified atom stereocenters. The molecule has 1 aliphatic rings. The summed E-state index contributed by atoms with van der Waals surface area (Å²) < 4.78 is 0. The molecule has 0 radical (unpaired) electrons. The first-order valence-electron chi connectivity index (χ1n) is 12.4. The molecule has 0 bridgehead atoms. The summed E-state index contributed by atoms with van der Waals surface area (Å²) in [5.41, 5.74) is 2.38. The Morgan fingerprint density at radius 3 is 1.51 bits per heavy atom. The van der Waals surface area contributed by atoms with Crippen LogP contribution in [0.5, 0.6) is 0 Å². The molecule has 0 aliphatic carbocycles. The summed E-state index contributed by atoms with van der Waals surface area (Å²) in [6.07, 6.45) is 1.53. The molecule has 1 fully saturated rings. The lowest BCUT2D eigenvalue weighted by atomic mass is 9.94. The van der Waals surface area contributed by atoms with Crippen LogP contribution >= 0.6 is 0 Å². The molecule has 5 heteroatoms. The van der Waals surface area contributed by atoms with Crippen LogP contribution in [0, 0.1) is 11.8 Å². The number of fused-ring (bicyclic) bond motifs is 2. The molecule has 0 spiro atoms. The molecule has 4 aromatic carbocycles. The van der Waals surface area contributed by atoms with Gasteiger partial charge in [0, 0.05) is 26.2 Å². The monoisotopic (exact) mass is 465 g/mol. The van der Waals surface area contributed by atoms with Gasteiger partial charge in [-0.2, -0.15) is 0 Å². The van der Waals surface area contributed by atoms with Gasteiger partial charge in [-0.1, -0.05) is 84.9 Å². The first-order chi connectivity index (χ1) is 17.2. The molecule has 1 saturated heterocycles. The van der Waals surface area contributed by atoms with E-state index in [1.165, 1.54) is 32.7 Å². The first kappa shape index (κ1) is 23.1. The van der Waals surface area contributed by atoms with Gasteiger partial charge in [-0.05, 0) is 45.5 Å². The number of nitrogens with one attached hydrogen (secondary N) is 3. The maximum absolute atomic E-state index is 12.9. The van der Waals surface area contributed by atoms with E-state index in [9.17, 15) is 9.59 Å². The standard InChI is InChI=1S/C30H31N3O2/c34-29(32-15-13-21-9-11-23-5-1-3-7-25(23)17-21)27-19-31-20-28(27)30(35)33-16-14-22-10-12-24-6-2-4-8-26(24)18-22/h1-12,17-18,27-28,31H,13-16,19-20H2,(H,32,34)(H,33,35)/t27-,28-/m0/s1. The van der Waals surface area contributed by atoms with Crippen molar-refractivity contribution in [1.82, 2.24) is 16.0 Å². The molecule has 1 aliphatic heterocycles. The smallest absolute Gasteiger partial charge is 0.225 e. The molecular weight excluding hydrogens is 434 g/mol. The van der Waals surface area contributed by atoms with Crippen LogP contribution in [0.2, 0.25) is 0 Å². The number of amides is 2.